The molecule has 2 aromatic carbocycles. The van der Waals surface area contributed by atoms with E-state index in [0.717, 1.165) is 17.8 Å². The number of anilines is 2. The van der Waals surface area contributed by atoms with Crippen LogP contribution >= 0.6 is 0 Å². The molecule has 1 aliphatic heterocycles. The number of nitrogens with one attached hydrogen (secondary N) is 1. The molecule has 1 N–H and O–H groups in total. The second-order valence-electron chi connectivity index (χ2n) is 9.11. The molecule has 0 fully saturated rings. The molecule has 1 atom stereocenters. The smallest absolute Gasteiger partial charge is 0.357 e. The standard InChI is InChI=1S/C25H25F3N2O2/c1-4-21(32)30-19-8-6-5-7-17(19)29-18-13-24(2,3)14-20(31)22(18)23(30)15-9-11-16(12-10-15)25(26,27)28/h5-12,23,29H,4,13-14H2,1-3H3/t23-/m0/s1. The highest BCUT2D eigenvalue weighted by atomic mass is 19.4. The number of benzene rings is 2. The highest BCUT2D eigenvalue weighted by Crippen LogP contribution is 2.48. The number of nitrogens with zero attached hydrogens (tertiary/aromatic N) is 1. The number of ketones is 1. The van der Waals surface area contributed by atoms with Gasteiger partial charge in [-0.3, -0.25) is 14.5 Å². The summed E-state index contributed by atoms with van der Waals surface area (Å²) in [5, 5.41) is 3.38. The molecular formula is C25H25F3N2O2. The molecule has 0 bridgehead atoms. The summed E-state index contributed by atoms with van der Waals surface area (Å²) in [4.78, 5) is 28.1. The first-order valence-corrected chi connectivity index (χ1v) is 10.6. The Hall–Kier alpha value is -3.09. The minimum absolute atomic E-state index is 0.102. The van der Waals surface area contributed by atoms with E-state index in [2.05, 4.69) is 5.32 Å². The minimum Gasteiger partial charge on any atom is -0.357 e. The molecule has 1 aliphatic carbocycles. The highest BCUT2D eigenvalue weighted by molar-refractivity contribution is 6.06. The van der Waals surface area contributed by atoms with Gasteiger partial charge < -0.3 is 5.32 Å². The Morgan fingerprint density at radius 3 is 2.38 bits per heavy atom. The predicted molar refractivity (Wildman–Crippen MR) is 117 cm³/mol. The highest BCUT2D eigenvalue weighted by Gasteiger charge is 2.43. The third-order valence-electron chi connectivity index (χ3n) is 6.03. The van der Waals surface area contributed by atoms with Gasteiger partial charge in [-0.1, -0.05) is 45.0 Å². The monoisotopic (exact) mass is 442 g/mol. The summed E-state index contributed by atoms with van der Waals surface area (Å²) < 4.78 is 39.5. The molecule has 1 heterocycles. The quantitative estimate of drug-likeness (QED) is 0.597. The van der Waals surface area contributed by atoms with Gasteiger partial charge in [-0.15, -0.1) is 0 Å². The largest absolute Gasteiger partial charge is 0.416 e. The molecule has 2 aromatic rings. The molecule has 0 unspecified atom stereocenters. The lowest BCUT2D eigenvalue weighted by Gasteiger charge is -2.37. The van der Waals surface area contributed by atoms with Gasteiger partial charge in [0.15, 0.2) is 5.78 Å². The summed E-state index contributed by atoms with van der Waals surface area (Å²) in [5.74, 6) is -0.314. The van der Waals surface area contributed by atoms with Crippen molar-refractivity contribution in [2.45, 2.75) is 52.3 Å². The Labute approximate surface area is 185 Å². The van der Waals surface area contributed by atoms with E-state index in [-0.39, 0.29) is 23.5 Å². The second kappa shape index (κ2) is 7.80. The maximum Gasteiger partial charge on any atom is 0.416 e. The number of fused-ring (bicyclic) bond motifs is 1. The van der Waals surface area contributed by atoms with E-state index in [1.165, 1.54) is 12.1 Å². The Kier molecular flexibility index (Phi) is 5.39. The fourth-order valence-electron chi connectivity index (χ4n) is 4.60. The number of halogens is 3. The van der Waals surface area contributed by atoms with Crippen LogP contribution in [-0.2, 0) is 15.8 Å². The molecule has 0 radical (unpaired) electrons. The third kappa shape index (κ3) is 3.92. The van der Waals surface area contributed by atoms with Gasteiger partial charge in [0.1, 0.15) is 0 Å². The lowest BCUT2D eigenvalue weighted by atomic mass is 9.73. The lowest BCUT2D eigenvalue weighted by molar-refractivity contribution is -0.137. The third-order valence-corrected chi connectivity index (χ3v) is 6.03. The summed E-state index contributed by atoms with van der Waals surface area (Å²) in [6, 6.07) is 11.2. The molecule has 4 rings (SSSR count). The Morgan fingerprint density at radius 1 is 1.09 bits per heavy atom. The van der Waals surface area contributed by atoms with Crippen molar-refractivity contribution in [3.8, 4) is 0 Å². The number of para-hydroxylation sites is 2. The molecule has 0 saturated heterocycles. The van der Waals surface area contributed by atoms with Gasteiger partial charge in [0.25, 0.3) is 0 Å². The first-order valence-electron chi connectivity index (χ1n) is 10.6. The number of carbonyl (C=O) groups excluding carboxylic acids is 2. The van der Waals surface area contributed by atoms with Crippen LogP contribution in [-0.4, -0.2) is 11.7 Å². The van der Waals surface area contributed by atoms with Crippen molar-refractivity contribution in [2.75, 3.05) is 10.2 Å². The molecule has 1 amide bonds. The predicted octanol–water partition coefficient (Wildman–Crippen LogP) is 6.26. The average Bonchev–Trinajstić information content (AvgIpc) is 2.86. The van der Waals surface area contributed by atoms with Crippen molar-refractivity contribution >= 4 is 23.1 Å². The van der Waals surface area contributed by atoms with E-state index in [4.69, 9.17) is 0 Å². The van der Waals surface area contributed by atoms with Gasteiger partial charge in [0, 0.05) is 24.1 Å². The van der Waals surface area contributed by atoms with Crippen molar-refractivity contribution in [1.82, 2.24) is 0 Å². The Balaban J connectivity index is 1.97. The van der Waals surface area contributed by atoms with Gasteiger partial charge >= 0.3 is 6.18 Å². The molecular weight excluding hydrogens is 417 g/mol. The number of allylic oxidation sites excluding steroid dienone is 1. The first kappa shape index (κ1) is 22.1. The second-order valence-corrected chi connectivity index (χ2v) is 9.11. The van der Waals surface area contributed by atoms with Crippen molar-refractivity contribution in [2.24, 2.45) is 5.41 Å². The van der Waals surface area contributed by atoms with Crippen LogP contribution in [0.2, 0.25) is 0 Å². The summed E-state index contributed by atoms with van der Waals surface area (Å²) in [7, 11) is 0. The summed E-state index contributed by atoms with van der Waals surface area (Å²) in [6.07, 6.45) is -3.39. The molecule has 32 heavy (non-hydrogen) atoms. The van der Waals surface area contributed by atoms with Crippen molar-refractivity contribution in [3.63, 3.8) is 0 Å². The average molecular weight is 442 g/mol. The number of rotatable bonds is 2. The van der Waals surface area contributed by atoms with Gasteiger partial charge in [0.2, 0.25) is 5.91 Å². The van der Waals surface area contributed by atoms with Crippen LogP contribution in [0.3, 0.4) is 0 Å². The number of hydrogen-bond acceptors (Lipinski definition) is 3. The molecule has 0 saturated carbocycles. The normalized spacial score (nSPS) is 20.2. The fourth-order valence-corrected chi connectivity index (χ4v) is 4.60. The number of carbonyl (C=O) groups is 2. The zero-order chi connectivity index (χ0) is 23.3. The Morgan fingerprint density at radius 2 is 1.75 bits per heavy atom. The van der Waals surface area contributed by atoms with E-state index >= 15 is 0 Å². The summed E-state index contributed by atoms with van der Waals surface area (Å²) in [6.45, 7) is 5.75. The van der Waals surface area contributed by atoms with Crippen LogP contribution < -0.4 is 10.2 Å². The van der Waals surface area contributed by atoms with E-state index in [1.807, 2.05) is 26.0 Å². The van der Waals surface area contributed by atoms with Crippen molar-refractivity contribution < 1.29 is 22.8 Å². The van der Waals surface area contributed by atoms with E-state index in [0.29, 0.717) is 35.4 Å². The SMILES string of the molecule is CCC(=O)N1c2ccccc2NC2=C(C(=O)CC(C)(C)C2)[C@@H]1c1ccc(C(F)(F)F)cc1. The zero-order valence-corrected chi connectivity index (χ0v) is 18.2. The van der Waals surface area contributed by atoms with Crippen LogP contribution in [0.4, 0.5) is 24.5 Å². The Bertz CT molecular complexity index is 1100. The maximum absolute atomic E-state index is 13.4. The van der Waals surface area contributed by atoms with E-state index in [9.17, 15) is 22.8 Å². The van der Waals surface area contributed by atoms with Crippen molar-refractivity contribution in [3.05, 3.63) is 70.9 Å². The number of amides is 1. The van der Waals surface area contributed by atoms with E-state index < -0.39 is 17.8 Å². The molecule has 168 valence electrons. The van der Waals surface area contributed by atoms with Gasteiger partial charge in [-0.2, -0.15) is 13.2 Å². The first-order chi connectivity index (χ1) is 15.0. The molecule has 0 spiro atoms. The number of hydrogen-bond donors (Lipinski definition) is 1. The minimum atomic E-state index is -4.47. The van der Waals surface area contributed by atoms with Crippen LogP contribution in [0.1, 0.15) is 57.2 Å². The van der Waals surface area contributed by atoms with Gasteiger partial charge in [-0.05, 0) is 41.7 Å². The van der Waals surface area contributed by atoms with Crippen LogP contribution in [0.15, 0.2) is 59.8 Å². The topological polar surface area (TPSA) is 49.4 Å². The maximum atomic E-state index is 13.4. The van der Waals surface area contributed by atoms with Crippen LogP contribution in [0.5, 0.6) is 0 Å². The number of alkyl halides is 3. The summed E-state index contributed by atoms with van der Waals surface area (Å²) >= 11 is 0. The van der Waals surface area contributed by atoms with E-state index in [1.54, 1.807) is 24.0 Å². The molecule has 7 heteroatoms. The lowest BCUT2D eigenvalue weighted by Crippen LogP contribution is -2.39. The van der Waals surface area contributed by atoms with Crippen LogP contribution in [0, 0.1) is 5.41 Å². The zero-order valence-electron chi connectivity index (χ0n) is 18.2. The number of Topliss-reactive ketones (excluding diaryl/α,β-unsaturated/α-hetero) is 1. The molecule has 2 aliphatic rings. The van der Waals surface area contributed by atoms with Crippen molar-refractivity contribution in [1.29, 1.82) is 0 Å². The molecule has 4 nitrogen and oxygen atoms in total. The van der Waals surface area contributed by atoms with Gasteiger partial charge in [0.05, 0.1) is 23.0 Å². The van der Waals surface area contributed by atoms with Gasteiger partial charge in [-0.25, -0.2) is 0 Å². The fraction of sp³-hybridized carbons (Fsp3) is 0.360. The molecule has 0 aromatic heterocycles. The van der Waals surface area contributed by atoms with Crippen LogP contribution in [0.25, 0.3) is 0 Å². The summed E-state index contributed by atoms with van der Waals surface area (Å²) in [5.41, 5.74) is 1.89.